The molecule has 0 heterocycles. The maximum absolute atomic E-state index is 11.4. The van der Waals surface area contributed by atoms with Gasteiger partial charge in [0, 0.05) is 0 Å². The monoisotopic (exact) mass is 244 g/mol. The van der Waals surface area contributed by atoms with Gasteiger partial charge in [-0.1, -0.05) is 25.8 Å². The van der Waals surface area contributed by atoms with Gasteiger partial charge >= 0.3 is 0 Å². The van der Waals surface area contributed by atoms with Crippen molar-refractivity contribution in [2.75, 3.05) is 5.32 Å². The maximum atomic E-state index is 11.4. The van der Waals surface area contributed by atoms with Crippen LogP contribution in [0.3, 0.4) is 0 Å². The lowest BCUT2D eigenvalue weighted by atomic mass is 9.99. The summed E-state index contributed by atoms with van der Waals surface area (Å²) in [5.74, 6) is 4.08. The molecule has 1 aromatic rings. The summed E-state index contributed by atoms with van der Waals surface area (Å²) in [5.41, 5.74) is 6.98. The number of amides is 2. The molecule has 94 valence electrons. The van der Waals surface area contributed by atoms with Crippen LogP contribution in [0.5, 0.6) is 0 Å². The Bertz CT molecular complexity index is 536. The van der Waals surface area contributed by atoms with Gasteiger partial charge in [-0.15, -0.1) is 0 Å². The van der Waals surface area contributed by atoms with Crippen LogP contribution >= 0.6 is 0 Å². The fourth-order valence-corrected chi connectivity index (χ4v) is 1.50. The zero-order chi connectivity index (χ0) is 13.7. The summed E-state index contributed by atoms with van der Waals surface area (Å²) < 4.78 is 0. The van der Waals surface area contributed by atoms with Gasteiger partial charge in [-0.05, 0) is 36.5 Å². The molecular formula is C14H16N2O2. The molecule has 1 aromatic carbocycles. The van der Waals surface area contributed by atoms with Gasteiger partial charge in [-0.25, -0.2) is 0 Å². The minimum Gasteiger partial charge on any atom is -0.366 e. The number of rotatable bonds is 3. The molecule has 4 nitrogen and oxygen atoms in total. The number of hydrogen-bond donors (Lipinski definition) is 2. The second-order valence-electron chi connectivity index (χ2n) is 4.15. The Balaban J connectivity index is 3.14. The minimum absolute atomic E-state index is 0.281. The quantitative estimate of drug-likeness (QED) is 0.797. The number of benzene rings is 1. The summed E-state index contributed by atoms with van der Waals surface area (Å²) >= 11 is 0. The highest BCUT2D eigenvalue weighted by Crippen LogP contribution is 2.22. The van der Waals surface area contributed by atoms with Crippen molar-refractivity contribution in [3.8, 4) is 11.8 Å². The van der Waals surface area contributed by atoms with Crippen LogP contribution in [0.15, 0.2) is 18.2 Å². The van der Waals surface area contributed by atoms with E-state index in [-0.39, 0.29) is 5.92 Å². The topological polar surface area (TPSA) is 72.2 Å². The van der Waals surface area contributed by atoms with E-state index < -0.39 is 11.8 Å². The Kier molecular flexibility index (Phi) is 4.50. The molecule has 1 rings (SSSR count). The van der Waals surface area contributed by atoms with E-state index in [9.17, 15) is 9.59 Å². The van der Waals surface area contributed by atoms with Gasteiger partial charge in [0.2, 0.25) is 0 Å². The smallest absolute Gasteiger partial charge is 0.300 e. The molecule has 0 bridgehead atoms. The molecule has 4 heteroatoms. The summed E-state index contributed by atoms with van der Waals surface area (Å²) in [5, 5.41) is 2.55. The molecule has 0 spiro atoms. The molecule has 0 unspecified atom stereocenters. The number of primary amides is 1. The minimum atomic E-state index is -0.572. The van der Waals surface area contributed by atoms with Gasteiger partial charge in [-0.3, -0.25) is 9.59 Å². The summed E-state index contributed by atoms with van der Waals surface area (Å²) in [7, 11) is 0. The molecule has 0 aromatic heterocycles. The molecule has 0 saturated heterocycles. The lowest BCUT2D eigenvalue weighted by molar-refractivity contribution is -0.111. The molecule has 0 atom stereocenters. The fourth-order valence-electron chi connectivity index (χ4n) is 1.50. The molecule has 3 N–H and O–H groups in total. The molecule has 0 aliphatic heterocycles. The molecule has 0 aliphatic carbocycles. The van der Waals surface area contributed by atoms with Crippen molar-refractivity contribution in [1.82, 2.24) is 0 Å². The highest BCUT2D eigenvalue weighted by Gasteiger charge is 2.12. The SMILES string of the molecule is CC#CC(=O)Nc1ccc(C(C)C)cc1C(N)=O. The van der Waals surface area contributed by atoms with Gasteiger partial charge in [0.15, 0.2) is 0 Å². The second-order valence-corrected chi connectivity index (χ2v) is 4.15. The summed E-state index contributed by atoms with van der Waals surface area (Å²) in [6.45, 7) is 5.60. The third-order valence-electron chi connectivity index (χ3n) is 2.46. The van der Waals surface area contributed by atoms with Crippen LogP contribution in [0.25, 0.3) is 0 Å². The second kappa shape index (κ2) is 5.87. The standard InChI is InChI=1S/C14H16N2O2/c1-4-5-13(17)16-12-7-6-10(9(2)3)8-11(12)14(15)18/h6-9H,1-3H3,(H2,15,18)(H,16,17). The molecule has 2 amide bonds. The molecule has 0 aliphatic rings. The number of nitrogens with two attached hydrogens (primary N) is 1. The zero-order valence-corrected chi connectivity index (χ0v) is 10.7. The van der Waals surface area contributed by atoms with Crippen LogP contribution in [0, 0.1) is 11.8 Å². The first kappa shape index (κ1) is 13.8. The number of nitrogens with one attached hydrogen (secondary N) is 1. The van der Waals surface area contributed by atoms with Gasteiger partial charge < -0.3 is 11.1 Å². The van der Waals surface area contributed by atoms with Crippen molar-refractivity contribution in [2.24, 2.45) is 5.73 Å². The van der Waals surface area contributed by atoms with Crippen molar-refractivity contribution in [1.29, 1.82) is 0 Å². The predicted molar refractivity (Wildman–Crippen MR) is 71.1 cm³/mol. The first-order chi connectivity index (χ1) is 8.45. The van der Waals surface area contributed by atoms with Crippen LogP contribution in [-0.2, 0) is 4.79 Å². The summed E-state index contributed by atoms with van der Waals surface area (Å²) in [6.07, 6.45) is 0. The van der Waals surface area contributed by atoms with Gasteiger partial charge in [0.1, 0.15) is 0 Å². The van der Waals surface area contributed by atoms with E-state index in [1.54, 1.807) is 19.1 Å². The number of carbonyl (C=O) groups excluding carboxylic acids is 2. The van der Waals surface area contributed by atoms with Crippen LogP contribution in [-0.4, -0.2) is 11.8 Å². The largest absolute Gasteiger partial charge is 0.366 e. The first-order valence-electron chi connectivity index (χ1n) is 5.63. The van der Waals surface area contributed by atoms with Gasteiger partial charge in [0.05, 0.1) is 11.3 Å². The van der Waals surface area contributed by atoms with E-state index in [1.165, 1.54) is 0 Å². The third-order valence-corrected chi connectivity index (χ3v) is 2.46. The number of carbonyl (C=O) groups is 2. The van der Waals surface area contributed by atoms with Crippen molar-refractivity contribution in [2.45, 2.75) is 26.7 Å². The lowest BCUT2D eigenvalue weighted by Crippen LogP contribution is -2.17. The highest BCUT2D eigenvalue weighted by atomic mass is 16.2. The predicted octanol–water partition coefficient (Wildman–Crippen LogP) is 1.87. The van der Waals surface area contributed by atoms with Crippen LogP contribution in [0.1, 0.15) is 42.6 Å². The molecule has 0 fully saturated rings. The lowest BCUT2D eigenvalue weighted by Gasteiger charge is -2.11. The Morgan fingerprint density at radius 1 is 1.33 bits per heavy atom. The molecule has 18 heavy (non-hydrogen) atoms. The van der Waals surface area contributed by atoms with E-state index in [0.717, 1.165) is 5.56 Å². The Labute approximate surface area is 107 Å². The average Bonchev–Trinajstić information content (AvgIpc) is 2.29. The highest BCUT2D eigenvalue weighted by molar-refractivity contribution is 6.08. The first-order valence-corrected chi connectivity index (χ1v) is 5.63. The average molecular weight is 244 g/mol. The maximum Gasteiger partial charge on any atom is 0.300 e. The molecule has 0 saturated carbocycles. The Hall–Kier alpha value is -2.28. The van der Waals surface area contributed by atoms with Gasteiger partial charge in [0.25, 0.3) is 11.8 Å². The zero-order valence-electron chi connectivity index (χ0n) is 10.7. The van der Waals surface area contributed by atoms with E-state index >= 15 is 0 Å². The summed E-state index contributed by atoms with van der Waals surface area (Å²) in [6, 6.07) is 5.22. The van der Waals surface area contributed by atoms with E-state index in [0.29, 0.717) is 11.3 Å². The number of anilines is 1. The Morgan fingerprint density at radius 3 is 2.50 bits per heavy atom. The summed E-state index contributed by atoms with van der Waals surface area (Å²) in [4.78, 5) is 22.7. The number of hydrogen-bond acceptors (Lipinski definition) is 2. The fraction of sp³-hybridized carbons (Fsp3) is 0.286. The normalized spacial score (nSPS) is 9.56. The molecular weight excluding hydrogens is 228 g/mol. The third kappa shape index (κ3) is 3.36. The van der Waals surface area contributed by atoms with E-state index in [2.05, 4.69) is 17.2 Å². The Morgan fingerprint density at radius 2 is 2.00 bits per heavy atom. The van der Waals surface area contributed by atoms with E-state index in [4.69, 9.17) is 5.73 Å². The van der Waals surface area contributed by atoms with Crippen molar-refractivity contribution in [3.63, 3.8) is 0 Å². The van der Waals surface area contributed by atoms with Gasteiger partial charge in [-0.2, -0.15) is 0 Å². The molecule has 0 radical (unpaired) electrons. The van der Waals surface area contributed by atoms with Crippen molar-refractivity contribution < 1.29 is 9.59 Å². The van der Waals surface area contributed by atoms with Crippen LogP contribution < -0.4 is 11.1 Å². The van der Waals surface area contributed by atoms with Crippen molar-refractivity contribution >= 4 is 17.5 Å². The van der Waals surface area contributed by atoms with Crippen molar-refractivity contribution in [3.05, 3.63) is 29.3 Å². The van der Waals surface area contributed by atoms with Crippen LogP contribution in [0.2, 0.25) is 0 Å². The van der Waals surface area contributed by atoms with Crippen LogP contribution in [0.4, 0.5) is 5.69 Å². The van der Waals surface area contributed by atoms with E-state index in [1.807, 2.05) is 19.9 Å².